The number of nitrogens with one attached hydrogen (secondary N) is 1. The summed E-state index contributed by atoms with van der Waals surface area (Å²) in [6.07, 6.45) is -0.551. The lowest BCUT2D eigenvalue weighted by Gasteiger charge is -2.24. The predicted molar refractivity (Wildman–Crippen MR) is 116 cm³/mol. The minimum atomic E-state index is -1.45. The van der Waals surface area contributed by atoms with Crippen molar-refractivity contribution < 1.29 is 23.8 Å². The molecule has 0 aromatic heterocycles. The molecule has 0 aliphatic carbocycles. The molecule has 29 heavy (non-hydrogen) atoms. The van der Waals surface area contributed by atoms with E-state index in [0.717, 1.165) is 11.1 Å². The highest BCUT2D eigenvalue weighted by molar-refractivity contribution is 6.83. The monoisotopic (exact) mass is 419 g/mol. The average Bonchev–Trinajstić information content (AvgIpc) is 2.57. The SMILES string of the molecule is CCOC(=O)COCC(NC(=O)OC(C)(C)C)c1ccc(C#C[Si](C)(C)C)cc1. The Morgan fingerprint density at radius 1 is 1.14 bits per heavy atom. The predicted octanol–water partition coefficient (Wildman–Crippen LogP) is 4.06. The van der Waals surface area contributed by atoms with E-state index in [1.54, 1.807) is 27.7 Å². The summed E-state index contributed by atoms with van der Waals surface area (Å²) < 4.78 is 15.6. The molecule has 0 fully saturated rings. The standard InChI is InChI=1S/C22H33NO5Si/c1-8-27-20(24)16-26-15-19(23-21(25)28-22(2,3)4)18-11-9-17(10-12-18)13-14-29(5,6)7/h9-12,19H,8,15-16H2,1-7H3,(H,23,25). The lowest BCUT2D eigenvalue weighted by Crippen LogP contribution is -2.37. The normalized spacial score (nSPS) is 12.4. The van der Waals surface area contributed by atoms with Crippen molar-refractivity contribution in [2.24, 2.45) is 0 Å². The number of carbonyl (C=O) groups is 2. The van der Waals surface area contributed by atoms with Crippen LogP contribution in [0.15, 0.2) is 24.3 Å². The summed E-state index contributed by atoms with van der Waals surface area (Å²) in [5, 5.41) is 2.80. The summed E-state index contributed by atoms with van der Waals surface area (Å²) in [6.45, 7) is 13.9. The molecule has 1 aromatic carbocycles. The first kappa shape index (κ1) is 24.7. The van der Waals surface area contributed by atoms with Crippen molar-refractivity contribution in [1.29, 1.82) is 0 Å². The summed E-state index contributed by atoms with van der Waals surface area (Å²) in [5.74, 6) is 2.76. The van der Waals surface area contributed by atoms with Crippen LogP contribution in [0.5, 0.6) is 0 Å². The molecule has 0 saturated heterocycles. The Hall–Kier alpha value is -2.30. The van der Waals surface area contributed by atoms with Crippen LogP contribution in [0.1, 0.15) is 44.9 Å². The summed E-state index contributed by atoms with van der Waals surface area (Å²) in [5.41, 5.74) is 4.46. The smallest absolute Gasteiger partial charge is 0.408 e. The third-order valence-electron chi connectivity index (χ3n) is 3.40. The van der Waals surface area contributed by atoms with Crippen LogP contribution < -0.4 is 5.32 Å². The van der Waals surface area contributed by atoms with Gasteiger partial charge in [-0.25, -0.2) is 9.59 Å². The van der Waals surface area contributed by atoms with Gasteiger partial charge in [-0.15, -0.1) is 5.54 Å². The second kappa shape index (κ2) is 11.0. The Morgan fingerprint density at radius 3 is 2.28 bits per heavy atom. The van der Waals surface area contributed by atoms with Crippen molar-refractivity contribution in [2.75, 3.05) is 19.8 Å². The second-order valence-electron chi connectivity index (χ2n) is 8.64. The molecular weight excluding hydrogens is 386 g/mol. The van der Waals surface area contributed by atoms with Gasteiger partial charge in [-0.2, -0.15) is 0 Å². The minimum absolute atomic E-state index is 0.109. The van der Waals surface area contributed by atoms with Crippen molar-refractivity contribution >= 4 is 20.1 Å². The molecule has 0 aliphatic heterocycles. The number of ether oxygens (including phenoxy) is 3. The van der Waals surface area contributed by atoms with Gasteiger partial charge in [-0.3, -0.25) is 0 Å². The highest BCUT2D eigenvalue weighted by Crippen LogP contribution is 2.16. The number of amides is 1. The Balaban J connectivity index is 2.89. The fraction of sp³-hybridized carbons (Fsp3) is 0.545. The van der Waals surface area contributed by atoms with Crippen molar-refractivity contribution in [3.8, 4) is 11.5 Å². The van der Waals surface area contributed by atoms with Crippen LogP contribution in [0, 0.1) is 11.5 Å². The molecule has 0 bridgehead atoms. The minimum Gasteiger partial charge on any atom is -0.464 e. The van der Waals surface area contributed by atoms with E-state index in [2.05, 4.69) is 36.4 Å². The van der Waals surface area contributed by atoms with E-state index in [0.29, 0.717) is 6.61 Å². The summed E-state index contributed by atoms with van der Waals surface area (Å²) in [6, 6.07) is 7.14. The van der Waals surface area contributed by atoms with Gasteiger partial charge in [0.1, 0.15) is 20.3 Å². The van der Waals surface area contributed by atoms with Gasteiger partial charge in [-0.05, 0) is 45.4 Å². The highest BCUT2D eigenvalue weighted by atomic mass is 28.3. The Labute approximate surface area is 175 Å². The Kier molecular flexibility index (Phi) is 9.41. The molecule has 1 amide bonds. The average molecular weight is 420 g/mol. The number of benzene rings is 1. The molecule has 0 saturated carbocycles. The topological polar surface area (TPSA) is 73.9 Å². The Morgan fingerprint density at radius 2 is 1.76 bits per heavy atom. The number of hydrogen-bond acceptors (Lipinski definition) is 5. The van der Waals surface area contributed by atoms with Crippen molar-refractivity contribution in [1.82, 2.24) is 5.32 Å². The van der Waals surface area contributed by atoms with E-state index in [1.165, 1.54) is 0 Å². The number of esters is 1. The van der Waals surface area contributed by atoms with Gasteiger partial charge in [0.05, 0.1) is 19.3 Å². The van der Waals surface area contributed by atoms with Crippen molar-refractivity contribution in [2.45, 2.75) is 59.0 Å². The van der Waals surface area contributed by atoms with E-state index < -0.39 is 31.8 Å². The zero-order valence-electron chi connectivity index (χ0n) is 18.5. The van der Waals surface area contributed by atoms with Crippen molar-refractivity contribution in [3.63, 3.8) is 0 Å². The Bertz CT molecular complexity index is 736. The van der Waals surface area contributed by atoms with Gasteiger partial charge in [0.15, 0.2) is 0 Å². The molecular formula is C22H33NO5Si. The van der Waals surface area contributed by atoms with Gasteiger partial charge in [0.2, 0.25) is 0 Å². The van der Waals surface area contributed by atoms with Crippen LogP contribution in [0.4, 0.5) is 4.79 Å². The molecule has 1 atom stereocenters. The van der Waals surface area contributed by atoms with E-state index in [-0.39, 0.29) is 13.2 Å². The summed E-state index contributed by atoms with van der Waals surface area (Å²) in [4.78, 5) is 23.7. The number of carbonyl (C=O) groups excluding carboxylic acids is 2. The zero-order valence-corrected chi connectivity index (χ0v) is 19.5. The maximum absolute atomic E-state index is 12.2. The molecule has 7 heteroatoms. The maximum Gasteiger partial charge on any atom is 0.408 e. The van der Waals surface area contributed by atoms with E-state index >= 15 is 0 Å². The molecule has 160 valence electrons. The van der Waals surface area contributed by atoms with Gasteiger partial charge < -0.3 is 19.5 Å². The van der Waals surface area contributed by atoms with Crippen molar-refractivity contribution in [3.05, 3.63) is 35.4 Å². The molecule has 1 rings (SSSR count). The lowest BCUT2D eigenvalue weighted by molar-refractivity contribution is -0.148. The molecule has 1 aromatic rings. The number of rotatable bonds is 7. The third kappa shape index (κ3) is 11.3. The summed E-state index contributed by atoms with van der Waals surface area (Å²) >= 11 is 0. The van der Waals surface area contributed by atoms with Crippen LogP contribution in [0.2, 0.25) is 19.6 Å². The molecule has 1 unspecified atom stereocenters. The lowest BCUT2D eigenvalue weighted by atomic mass is 10.1. The molecule has 0 spiro atoms. The van der Waals surface area contributed by atoms with Crippen LogP contribution >= 0.6 is 0 Å². The maximum atomic E-state index is 12.2. The quantitative estimate of drug-likeness (QED) is 0.410. The second-order valence-corrected chi connectivity index (χ2v) is 13.4. The first-order chi connectivity index (χ1) is 13.4. The van der Waals surface area contributed by atoms with Gasteiger partial charge >= 0.3 is 12.1 Å². The van der Waals surface area contributed by atoms with Crippen LogP contribution in [0.3, 0.4) is 0 Å². The zero-order chi connectivity index (χ0) is 22.1. The number of hydrogen-bond donors (Lipinski definition) is 1. The molecule has 6 nitrogen and oxygen atoms in total. The summed E-state index contributed by atoms with van der Waals surface area (Å²) in [7, 11) is -1.45. The third-order valence-corrected chi connectivity index (χ3v) is 4.27. The first-order valence-electron chi connectivity index (χ1n) is 9.75. The molecule has 0 heterocycles. The molecule has 0 aliphatic rings. The van der Waals surface area contributed by atoms with Gasteiger partial charge in [-0.1, -0.05) is 37.7 Å². The van der Waals surface area contributed by atoms with Crippen LogP contribution in [-0.2, 0) is 19.0 Å². The van der Waals surface area contributed by atoms with Gasteiger partial charge in [0, 0.05) is 5.56 Å². The molecule has 0 radical (unpaired) electrons. The fourth-order valence-corrected chi connectivity index (χ4v) is 2.71. The van der Waals surface area contributed by atoms with Gasteiger partial charge in [0.25, 0.3) is 0 Å². The first-order valence-corrected chi connectivity index (χ1v) is 13.3. The van der Waals surface area contributed by atoms with E-state index in [1.807, 2.05) is 24.3 Å². The van der Waals surface area contributed by atoms with E-state index in [4.69, 9.17) is 14.2 Å². The largest absolute Gasteiger partial charge is 0.464 e. The van der Waals surface area contributed by atoms with Crippen LogP contribution in [0.25, 0.3) is 0 Å². The van der Waals surface area contributed by atoms with E-state index in [9.17, 15) is 9.59 Å². The molecule has 1 N–H and O–H groups in total. The number of alkyl carbamates (subject to hydrolysis) is 1. The fourth-order valence-electron chi connectivity index (χ4n) is 2.19. The van der Waals surface area contributed by atoms with Crippen LogP contribution in [-0.4, -0.2) is 45.6 Å². The highest BCUT2D eigenvalue weighted by Gasteiger charge is 2.21.